The van der Waals surface area contributed by atoms with E-state index >= 15 is 0 Å². The van der Waals surface area contributed by atoms with Crippen molar-refractivity contribution in [2.24, 2.45) is 5.73 Å². The van der Waals surface area contributed by atoms with Crippen molar-refractivity contribution >= 4 is 22.9 Å². The zero-order valence-corrected chi connectivity index (χ0v) is 13.6. The Balaban J connectivity index is 2.68. The van der Waals surface area contributed by atoms with E-state index in [0.29, 0.717) is 11.0 Å². The third-order valence-corrected chi connectivity index (χ3v) is 3.84. The highest BCUT2D eigenvalue weighted by Crippen LogP contribution is 2.22. The molecular weight excluding hydrogens is 270 g/mol. The van der Waals surface area contributed by atoms with Crippen LogP contribution >= 0.6 is 12.2 Å². The first-order valence-corrected chi connectivity index (χ1v) is 7.32. The average Bonchev–Trinajstić information content (AvgIpc) is 2.45. The Kier molecular flexibility index (Phi) is 6.75. The summed E-state index contributed by atoms with van der Waals surface area (Å²) in [5.41, 5.74) is 7.53. The molecule has 1 atom stereocenters. The van der Waals surface area contributed by atoms with Crippen molar-refractivity contribution in [1.29, 1.82) is 0 Å². The second-order valence-corrected chi connectivity index (χ2v) is 5.38. The number of rotatable bonds is 8. The molecule has 1 aromatic carbocycles. The van der Waals surface area contributed by atoms with E-state index in [1.165, 1.54) is 0 Å². The van der Waals surface area contributed by atoms with E-state index in [9.17, 15) is 0 Å². The predicted molar refractivity (Wildman–Crippen MR) is 89.8 cm³/mol. The lowest BCUT2D eigenvalue weighted by Crippen LogP contribution is -2.33. The molecule has 0 aliphatic heterocycles. The Labute approximate surface area is 127 Å². The second kappa shape index (κ2) is 8.07. The van der Waals surface area contributed by atoms with Crippen molar-refractivity contribution in [2.45, 2.75) is 26.3 Å². The molecule has 0 radical (unpaired) electrons. The molecule has 0 bridgehead atoms. The summed E-state index contributed by atoms with van der Waals surface area (Å²) in [6, 6.07) is 6.27. The number of benzene rings is 1. The summed E-state index contributed by atoms with van der Waals surface area (Å²) in [5, 5.41) is 3.39. The SMILES string of the molecule is CCC(C)N(C)CCNc1cc(OC)ccc1C(N)=S. The highest BCUT2D eigenvalue weighted by Gasteiger charge is 2.09. The van der Waals surface area contributed by atoms with Gasteiger partial charge in [0.05, 0.1) is 7.11 Å². The number of anilines is 1. The van der Waals surface area contributed by atoms with Gasteiger partial charge in [-0.2, -0.15) is 0 Å². The van der Waals surface area contributed by atoms with Crippen LogP contribution in [0.15, 0.2) is 18.2 Å². The van der Waals surface area contributed by atoms with Gasteiger partial charge >= 0.3 is 0 Å². The molecule has 4 nitrogen and oxygen atoms in total. The number of nitrogens with two attached hydrogens (primary N) is 1. The summed E-state index contributed by atoms with van der Waals surface area (Å²) in [6.07, 6.45) is 1.15. The molecule has 0 saturated carbocycles. The van der Waals surface area contributed by atoms with Gasteiger partial charge in [-0.25, -0.2) is 0 Å². The van der Waals surface area contributed by atoms with Crippen LogP contribution < -0.4 is 15.8 Å². The van der Waals surface area contributed by atoms with Gasteiger partial charge in [-0.1, -0.05) is 19.1 Å². The van der Waals surface area contributed by atoms with Crippen molar-refractivity contribution in [3.8, 4) is 5.75 Å². The minimum atomic E-state index is 0.394. The largest absolute Gasteiger partial charge is 0.497 e. The minimum Gasteiger partial charge on any atom is -0.497 e. The average molecular weight is 295 g/mol. The van der Waals surface area contributed by atoms with Crippen LogP contribution in [0.4, 0.5) is 5.69 Å². The monoisotopic (exact) mass is 295 g/mol. The van der Waals surface area contributed by atoms with E-state index < -0.39 is 0 Å². The summed E-state index contributed by atoms with van der Waals surface area (Å²) in [4.78, 5) is 2.72. The first kappa shape index (κ1) is 16.7. The molecule has 1 unspecified atom stereocenters. The molecule has 5 heteroatoms. The first-order valence-electron chi connectivity index (χ1n) is 6.91. The number of thiocarbonyl (C=S) groups is 1. The molecular formula is C15H25N3OS. The van der Waals surface area contributed by atoms with Crippen LogP contribution in [-0.4, -0.2) is 43.2 Å². The number of nitrogens with zero attached hydrogens (tertiary/aromatic N) is 1. The van der Waals surface area contributed by atoms with Crippen LogP contribution in [0.25, 0.3) is 0 Å². The van der Waals surface area contributed by atoms with Crippen LogP contribution in [0.3, 0.4) is 0 Å². The van der Waals surface area contributed by atoms with Crippen LogP contribution in [-0.2, 0) is 0 Å². The fraction of sp³-hybridized carbons (Fsp3) is 0.533. The maximum atomic E-state index is 5.75. The van der Waals surface area contributed by atoms with Crippen LogP contribution in [0.5, 0.6) is 5.75 Å². The maximum absolute atomic E-state index is 5.75. The maximum Gasteiger partial charge on any atom is 0.120 e. The Morgan fingerprint density at radius 3 is 2.75 bits per heavy atom. The van der Waals surface area contributed by atoms with Gasteiger partial charge in [0.2, 0.25) is 0 Å². The number of ether oxygens (including phenoxy) is 1. The highest BCUT2D eigenvalue weighted by molar-refractivity contribution is 7.80. The van der Waals surface area contributed by atoms with Gasteiger partial charge in [0.15, 0.2) is 0 Å². The van der Waals surface area contributed by atoms with Gasteiger partial charge in [0, 0.05) is 36.4 Å². The molecule has 20 heavy (non-hydrogen) atoms. The molecule has 3 N–H and O–H groups in total. The summed E-state index contributed by atoms with van der Waals surface area (Å²) in [6.45, 7) is 6.22. The highest BCUT2D eigenvalue weighted by atomic mass is 32.1. The zero-order valence-electron chi connectivity index (χ0n) is 12.8. The van der Waals surface area contributed by atoms with Crippen LogP contribution in [0.2, 0.25) is 0 Å². The van der Waals surface area contributed by atoms with E-state index in [0.717, 1.165) is 36.5 Å². The fourth-order valence-electron chi connectivity index (χ4n) is 1.91. The molecule has 0 saturated heterocycles. The van der Waals surface area contributed by atoms with Gasteiger partial charge in [0.1, 0.15) is 10.7 Å². The quantitative estimate of drug-likeness (QED) is 0.722. The van der Waals surface area contributed by atoms with Crippen molar-refractivity contribution in [1.82, 2.24) is 4.90 Å². The summed E-state index contributed by atoms with van der Waals surface area (Å²) < 4.78 is 5.24. The molecule has 0 aliphatic carbocycles. The molecule has 0 fully saturated rings. The topological polar surface area (TPSA) is 50.5 Å². The predicted octanol–water partition coefficient (Wildman–Crippen LogP) is 2.47. The van der Waals surface area contributed by atoms with Gasteiger partial charge in [-0.05, 0) is 32.5 Å². The van der Waals surface area contributed by atoms with E-state index in [2.05, 4.69) is 31.1 Å². The Morgan fingerprint density at radius 1 is 1.50 bits per heavy atom. The molecule has 0 aliphatic rings. The van der Waals surface area contributed by atoms with Crippen molar-refractivity contribution in [3.63, 3.8) is 0 Å². The molecule has 0 heterocycles. The smallest absolute Gasteiger partial charge is 0.120 e. The van der Waals surface area contributed by atoms with E-state index in [1.807, 2.05) is 18.2 Å². The number of methoxy groups -OCH3 is 1. The molecule has 0 aromatic heterocycles. The Morgan fingerprint density at radius 2 is 2.20 bits per heavy atom. The zero-order chi connectivity index (χ0) is 15.1. The number of hydrogen-bond donors (Lipinski definition) is 2. The van der Waals surface area contributed by atoms with E-state index in [4.69, 9.17) is 22.7 Å². The Hall–Kier alpha value is -1.33. The molecule has 1 rings (SSSR count). The fourth-order valence-corrected chi connectivity index (χ4v) is 2.09. The van der Waals surface area contributed by atoms with E-state index in [-0.39, 0.29) is 0 Å². The van der Waals surface area contributed by atoms with Crippen LogP contribution in [0, 0.1) is 0 Å². The summed E-state index contributed by atoms with van der Waals surface area (Å²) >= 11 is 5.08. The number of likely N-dealkylation sites (N-methyl/N-ethyl adjacent to an activating group) is 1. The van der Waals surface area contributed by atoms with Crippen molar-refractivity contribution < 1.29 is 4.74 Å². The first-order chi connectivity index (χ1) is 9.49. The molecule has 1 aromatic rings. The van der Waals surface area contributed by atoms with Crippen molar-refractivity contribution in [2.75, 3.05) is 32.6 Å². The summed E-state index contributed by atoms with van der Waals surface area (Å²) in [5.74, 6) is 0.794. The standard InChI is InChI=1S/C15H25N3OS/c1-5-11(2)18(3)9-8-17-14-10-12(19-4)6-7-13(14)15(16)20/h6-7,10-11,17H,5,8-9H2,1-4H3,(H2,16,20). The Bertz CT molecular complexity index is 451. The third-order valence-electron chi connectivity index (χ3n) is 3.62. The van der Waals surface area contributed by atoms with Gasteiger partial charge < -0.3 is 20.7 Å². The third kappa shape index (κ3) is 4.65. The lowest BCUT2D eigenvalue weighted by Gasteiger charge is -2.24. The lowest BCUT2D eigenvalue weighted by molar-refractivity contribution is 0.261. The lowest BCUT2D eigenvalue weighted by atomic mass is 10.1. The molecule has 0 spiro atoms. The van der Waals surface area contributed by atoms with Gasteiger partial charge in [-0.3, -0.25) is 0 Å². The number of hydrogen-bond acceptors (Lipinski definition) is 4. The normalized spacial score (nSPS) is 12.2. The van der Waals surface area contributed by atoms with Gasteiger partial charge in [-0.15, -0.1) is 0 Å². The molecule has 112 valence electrons. The molecule has 0 amide bonds. The van der Waals surface area contributed by atoms with Gasteiger partial charge in [0.25, 0.3) is 0 Å². The van der Waals surface area contributed by atoms with Crippen LogP contribution in [0.1, 0.15) is 25.8 Å². The summed E-state index contributed by atoms with van der Waals surface area (Å²) in [7, 11) is 3.78. The minimum absolute atomic E-state index is 0.394. The van der Waals surface area contributed by atoms with E-state index in [1.54, 1.807) is 7.11 Å². The number of nitrogens with one attached hydrogen (secondary N) is 1. The second-order valence-electron chi connectivity index (χ2n) is 4.94. The van der Waals surface area contributed by atoms with Crippen molar-refractivity contribution in [3.05, 3.63) is 23.8 Å².